The molecule has 0 saturated carbocycles. The summed E-state index contributed by atoms with van der Waals surface area (Å²) in [5.74, 6) is 0.727. The van der Waals surface area contributed by atoms with Gasteiger partial charge in [-0.15, -0.1) is 11.8 Å². The van der Waals surface area contributed by atoms with Crippen LogP contribution in [-0.2, 0) is 25.8 Å². The average molecular weight is 689 g/mol. The van der Waals surface area contributed by atoms with Gasteiger partial charge in [-0.05, 0) is 46.4 Å². The normalized spacial score (nSPS) is 18.6. The molecule has 196 valence electrons. The Kier molecular flexibility index (Phi) is 10.2. The molecule has 2 unspecified atom stereocenters. The van der Waals surface area contributed by atoms with E-state index in [1.165, 1.54) is 89.7 Å². The third-order valence-electron chi connectivity index (χ3n) is 8.24. The first kappa shape index (κ1) is 29.7. The molecule has 3 aliphatic rings. The van der Waals surface area contributed by atoms with Crippen molar-refractivity contribution in [2.24, 2.45) is 0 Å². The van der Waals surface area contributed by atoms with Crippen molar-refractivity contribution < 1.29 is 25.8 Å². The van der Waals surface area contributed by atoms with E-state index >= 15 is 0 Å². The van der Waals surface area contributed by atoms with Crippen molar-refractivity contribution in [3.8, 4) is 11.1 Å². The van der Waals surface area contributed by atoms with Crippen molar-refractivity contribution in [3.05, 3.63) is 132 Å². The van der Waals surface area contributed by atoms with Gasteiger partial charge in [0, 0.05) is 35.4 Å². The summed E-state index contributed by atoms with van der Waals surface area (Å²) in [5.41, 5.74) is 11.3. The van der Waals surface area contributed by atoms with Gasteiger partial charge in [0.1, 0.15) is 0 Å². The summed E-state index contributed by atoms with van der Waals surface area (Å²) < 4.78 is 0. The summed E-state index contributed by atoms with van der Waals surface area (Å²) in [6.45, 7) is 4.58. The Bertz CT molecular complexity index is 1470. The van der Waals surface area contributed by atoms with Crippen molar-refractivity contribution in [2.45, 2.75) is 57.0 Å². The Morgan fingerprint density at radius 3 is 2.18 bits per heavy atom. The number of hydrogen-bond acceptors (Lipinski definition) is 0. The van der Waals surface area contributed by atoms with Crippen molar-refractivity contribution in [2.75, 3.05) is 0 Å². The van der Waals surface area contributed by atoms with Crippen LogP contribution >= 0.6 is 0 Å². The van der Waals surface area contributed by atoms with Crippen molar-refractivity contribution in [3.63, 3.8) is 0 Å². The molecule has 0 N–H and O–H groups in total. The third-order valence-corrected chi connectivity index (χ3v) is 9.66. The minimum absolute atomic E-state index is 0. The van der Waals surface area contributed by atoms with E-state index in [0.29, 0.717) is 11.8 Å². The minimum Gasteiger partial charge on any atom is -0.358 e. The third kappa shape index (κ3) is 5.93. The molecule has 2 radical (unpaired) electrons. The predicted molar refractivity (Wildman–Crippen MR) is 169 cm³/mol. The van der Waals surface area contributed by atoms with Crippen LogP contribution in [-0.4, -0.2) is 9.52 Å². The molecule has 39 heavy (non-hydrogen) atoms. The van der Waals surface area contributed by atoms with Crippen LogP contribution < -0.4 is 0 Å². The van der Waals surface area contributed by atoms with Crippen LogP contribution in [0.1, 0.15) is 67.2 Å². The molecule has 2 aliphatic carbocycles. The van der Waals surface area contributed by atoms with Crippen molar-refractivity contribution >= 4 is 32.4 Å². The summed E-state index contributed by atoms with van der Waals surface area (Å²) >= 11 is 0. The maximum absolute atomic E-state index is 2.60. The molecule has 4 aromatic rings. The van der Waals surface area contributed by atoms with Crippen molar-refractivity contribution in [1.29, 1.82) is 0 Å². The Morgan fingerprint density at radius 1 is 0.744 bits per heavy atom. The number of allylic oxidation sites excluding steroid dienone is 2. The zero-order valence-corrected chi connectivity index (χ0v) is 28.1. The molecular formula is C37H38HfSi-2. The standard InChI is InChI=1S/C32H27.C4H8Si.CH3.Hf/c1-3-22-19-32-25-13-8-7-12-24(25)16-17-28(32)30(22)20-29-21(2)18-31-26(14-9-15-27(29)31)23-10-5-4-6-11-23;1-2-4-5-3-1;;/h4-20,29-30H,3H2,1-2H3;1-4H2;1H3;/q-1;;-1;. The number of hydrogen-bond donors (Lipinski definition) is 0. The molecule has 0 bridgehead atoms. The van der Waals surface area contributed by atoms with E-state index in [9.17, 15) is 0 Å². The van der Waals surface area contributed by atoms with Crippen LogP contribution in [0.5, 0.6) is 0 Å². The van der Waals surface area contributed by atoms with E-state index in [4.69, 9.17) is 0 Å². The van der Waals surface area contributed by atoms with Crippen LogP contribution in [0.25, 0.3) is 34.1 Å². The fourth-order valence-corrected chi connectivity index (χ4v) is 7.54. The van der Waals surface area contributed by atoms with Gasteiger partial charge in [-0.3, -0.25) is 0 Å². The largest absolute Gasteiger partial charge is 0.358 e. The van der Waals surface area contributed by atoms with E-state index in [1.807, 2.05) is 0 Å². The minimum atomic E-state index is 0. The fraction of sp³-hybridized carbons (Fsp3) is 0.243. The second-order valence-corrected chi connectivity index (χ2v) is 12.0. The van der Waals surface area contributed by atoms with Gasteiger partial charge in [-0.2, -0.15) is 0 Å². The van der Waals surface area contributed by atoms with Crippen LogP contribution in [0.3, 0.4) is 0 Å². The van der Waals surface area contributed by atoms with Gasteiger partial charge >= 0.3 is 0 Å². The Balaban J connectivity index is 0.000000456. The molecule has 1 saturated heterocycles. The second-order valence-electron chi connectivity index (χ2n) is 10.5. The van der Waals surface area contributed by atoms with E-state index in [0.717, 1.165) is 6.42 Å². The van der Waals surface area contributed by atoms with Crippen LogP contribution in [0.15, 0.2) is 96.1 Å². The van der Waals surface area contributed by atoms with E-state index < -0.39 is 0 Å². The topological polar surface area (TPSA) is 0 Å². The maximum Gasteiger partial charge on any atom is 0.0377 e. The van der Waals surface area contributed by atoms with E-state index in [2.05, 4.69) is 117 Å². The summed E-state index contributed by atoms with van der Waals surface area (Å²) in [6, 6.07) is 34.0. The fourth-order valence-electron chi connectivity index (χ4n) is 6.29. The van der Waals surface area contributed by atoms with Gasteiger partial charge in [0.15, 0.2) is 0 Å². The molecular weight excluding hydrogens is 651 g/mol. The van der Waals surface area contributed by atoms with Gasteiger partial charge in [0.2, 0.25) is 0 Å². The zero-order chi connectivity index (χ0) is 25.2. The van der Waals surface area contributed by atoms with Crippen LogP contribution in [0.4, 0.5) is 0 Å². The molecule has 7 rings (SSSR count). The molecule has 2 atom stereocenters. The van der Waals surface area contributed by atoms with Crippen LogP contribution in [0, 0.1) is 13.8 Å². The summed E-state index contributed by atoms with van der Waals surface area (Å²) in [6.07, 6.45) is 11.6. The molecule has 1 aliphatic heterocycles. The monoisotopic (exact) mass is 690 g/mol. The van der Waals surface area contributed by atoms with E-state index in [1.54, 1.807) is 0 Å². The van der Waals surface area contributed by atoms with Gasteiger partial charge in [-0.1, -0.05) is 151 Å². The molecule has 0 aromatic heterocycles. The first-order chi connectivity index (χ1) is 18.2. The molecule has 1 heterocycles. The van der Waals surface area contributed by atoms with E-state index in [-0.39, 0.29) is 33.3 Å². The predicted octanol–water partition coefficient (Wildman–Crippen LogP) is 10.6. The molecule has 0 spiro atoms. The summed E-state index contributed by atoms with van der Waals surface area (Å²) in [5, 5.41) is 2.70. The number of fused-ring (bicyclic) bond motifs is 4. The quantitative estimate of drug-likeness (QED) is 0.148. The maximum atomic E-state index is 2.60. The van der Waals surface area contributed by atoms with Crippen molar-refractivity contribution in [1.82, 2.24) is 0 Å². The number of rotatable bonds is 4. The molecule has 1 fully saturated rings. The Hall–Kier alpha value is -2.29. The summed E-state index contributed by atoms with van der Waals surface area (Å²) in [4.78, 5) is 0. The smallest absolute Gasteiger partial charge is 0.0377 e. The molecule has 2 heteroatoms. The van der Waals surface area contributed by atoms with Gasteiger partial charge < -0.3 is 13.8 Å². The van der Waals surface area contributed by atoms with Gasteiger partial charge in [0.05, 0.1) is 0 Å². The molecule has 0 amide bonds. The molecule has 4 aromatic carbocycles. The SMILES string of the molecule is C1CC[Si]C1.CCC1=Cc2c(ccc3ccccc23)C1[CH-]C1C(C)=Cc2c(-c3ccccc3)cccc21.[CH3-].[Hf]. The van der Waals surface area contributed by atoms with Crippen LogP contribution in [0.2, 0.25) is 12.1 Å². The van der Waals surface area contributed by atoms with Gasteiger partial charge in [-0.25, -0.2) is 0 Å². The first-order valence-corrected chi connectivity index (χ1v) is 15.3. The molecule has 0 nitrogen and oxygen atoms in total. The Morgan fingerprint density at radius 2 is 1.46 bits per heavy atom. The second kappa shape index (κ2) is 13.4. The van der Waals surface area contributed by atoms with Gasteiger partial charge in [0.25, 0.3) is 0 Å². The first-order valence-electron chi connectivity index (χ1n) is 13.9. The summed E-state index contributed by atoms with van der Waals surface area (Å²) in [7, 11) is 1.31. The zero-order valence-electron chi connectivity index (χ0n) is 23.5. The Labute approximate surface area is 257 Å². The number of benzene rings is 4. The average Bonchev–Trinajstić information content (AvgIpc) is 3.70.